The molecule has 1 heterocycles. The molecule has 0 spiro atoms. The maximum absolute atomic E-state index is 13.5. The summed E-state index contributed by atoms with van der Waals surface area (Å²) in [7, 11) is 1.78. The van der Waals surface area contributed by atoms with Crippen LogP contribution in [0, 0.1) is 24.6 Å². The molecule has 0 radical (unpaired) electrons. The lowest BCUT2D eigenvalue weighted by Gasteiger charge is -2.37. The van der Waals surface area contributed by atoms with Crippen LogP contribution in [0.15, 0.2) is 23.2 Å². The zero-order chi connectivity index (χ0) is 18.4. The van der Waals surface area contributed by atoms with Gasteiger partial charge in [-0.15, -0.1) is 24.0 Å². The largest absolute Gasteiger partial charge is 0.354 e. The van der Waals surface area contributed by atoms with Gasteiger partial charge in [0.15, 0.2) is 5.96 Å². The van der Waals surface area contributed by atoms with E-state index in [0.717, 1.165) is 19.0 Å². The Kier molecular flexibility index (Phi) is 9.32. The molecule has 7 heteroatoms. The Morgan fingerprint density at radius 1 is 1.23 bits per heavy atom. The van der Waals surface area contributed by atoms with Crippen molar-refractivity contribution in [3.8, 4) is 0 Å². The molecule has 2 unspecified atom stereocenters. The van der Waals surface area contributed by atoms with Crippen molar-refractivity contribution in [1.82, 2.24) is 15.5 Å². The number of nitrogens with one attached hydrogen (secondary N) is 2. The predicted octanol–water partition coefficient (Wildman–Crippen LogP) is 3.04. The summed E-state index contributed by atoms with van der Waals surface area (Å²) in [6, 6.07) is 4.52. The molecule has 0 saturated carbocycles. The highest BCUT2D eigenvalue weighted by Crippen LogP contribution is 2.20. The summed E-state index contributed by atoms with van der Waals surface area (Å²) in [4.78, 5) is 18.7. The molecule has 0 aliphatic carbocycles. The van der Waals surface area contributed by atoms with Gasteiger partial charge in [-0.3, -0.25) is 9.79 Å². The summed E-state index contributed by atoms with van der Waals surface area (Å²) in [6.07, 6.45) is 1.25. The van der Waals surface area contributed by atoms with E-state index in [1.807, 2.05) is 0 Å². The van der Waals surface area contributed by atoms with E-state index in [0.29, 0.717) is 36.1 Å². The van der Waals surface area contributed by atoms with Gasteiger partial charge in [-0.2, -0.15) is 0 Å². The molecule has 0 aromatic heterocycles. The zero-order valence-electron chi connectivity index (χ0n) is 16.0. The van der Waals surface area contributed by atoms with Crippen molar-refractivity contribution in [3.63, 3.8) is 0 Å². The molecule has 1 fully saturated rings. The number of rotatable bonds is 4. The van der Waals surface area contributed by atoms with Gasteiger partial charge in [-0.05, 0) is 42.9 Å². The average Bonchev–Trinajstić information content (AvgIpc) is 2.56. The first-order valence-electron chi connectivity index (χ1n) is 8.90. The lowest BCUT2D eigenvalue weighted by Crippen LogP contribution is -2.49. The smallest absolute Gasteiger partial charge is 0.251 e. The number of hydrogen-bond acceptors (Lipinski definition) is 2. The van der Waals surface area contributed by atoms with E-state index in [2.05, 4.69) is 34.4 Å². The molecule has 146 valence electrons. The van der Waals surface area contributed by atoms with Crippen molar-refractivity contribution in [2.45, 2.75) is 27.2 Å². The highest BCUT2D eigenvalue weighted by Gasteiger charge is 2.23. The van der Waals surface area contributed by atoms with Gasteiger partial charge in [-0.1, -0.05) is 19.9 Å². The highest BCUT2D eigenvalue weighted by molar-refractivity contribution is 14.0. The molecule has 1 aliphatic rings. The fraction of sp³-hybridized carbons (Fsp3) is 0.579. The number of nitrogens with zero attached hydrogens (tertiary/aromatic N) is 2. The second-order valence-electron chi connectivity index (χ2n) is 7.04. The van der Waals surface area contributed by atoms with Gasteiger partial charge < -0.3 is 15.5 Å². The van der Waals surface area contributed by atoms with Crippen LogP contribution in [0.2, 0.25) is 0 Å². The summed E-state index contributed by atoms with van der Waals surface area (Å²) in [5, 5.41) is 6.10. The quantitative estimate of drug-likeness (QED) is 0.304. The van der Waals surface area contributed by atoms with Gasteiger partial charge in [0, 0.05) is 38.8 Å². The van der Waals surface area contributed by atoms with Crippen LogP contribution in [0.1, 0.15) is 36.2 Å². The molecule has 1 aromatic rings. The lowest BCUT2D eigenvalue weighted by atomic mass is 9.92. The zero-order valence-corrected chi connectivity index (χ0v) is 18.3. The van der Waals surface area contributed by atoms with Gasteiger partial charge in [0.05, 0.1) is 0 Å². The van der Waals surface area contributed by atoms with Crippen LogP contribution >= 0.6 is 24.0 Å². The van der Waals surface area contributed by atoms with Crippen LogP contribution in [-0.2, 0) is 0 Å². The number of piperidine rings is 1. The number of carbonyl (C=O) groups excluding carboxylic acids is 1. The number of amides is 1. The van der Waals surface area contributed by atoms with E-state index >= 15 is 0 Å². The van der Waals surface area contributed by atoms with Crippen LogP contribution in [0.3, 0.4) is 0 Å². The minimum Gasteiger partial charge on any atom is -0.354 e. The number of guanidine groups is 1. The second-order valence-corrected chi connectivity index (χ2v) is 7.04. The van der Waals surface area contributed by atoms with E-state index in [1.165, 1.54) is 12.5 Å². The van der Waals surface area contributed by atoms with E-state index in [-0.39, 0.29) is 35.7 Å². The molecular formula is C19H30FIN4O. The number of benzene rings is 1. The van der Waals surface area contributed by atoms with Crippen LogP contribution in [-0.4, -0.2) is 50.0 Å². The summed E-state index contributed by atoms with van der Waals surface area (Å²) < 4.78 is 13.5. The van der Waals surface area contributed by atoms with Crippen molar-refractivity contribution >= 4 is 35.8 Å². The minimum atomic E-state index is -0.362. The van der Waals surface area contributed by atoms with Crippen molar-refractivity contribution in [3.05, 3.63) is 35.1 Å². The van der Waals surface area contributed by atoms with E-state index in [9.17, 15) is 9.18 Å². The first kappa shape index (κ1) is 22.7. The topological polar surface area (TPSA) is 56.7 Å². The van der Waals surface area contributed by atoms with Crippen molar-refractivity contribution < 1.29 is 9.18 Å². The fourth-order valence-corrected chi connectivity index (χ4v) is 3.35. The third-order valence-corrected chi connectivity index (χ3v) is 4.51. The Morgan fingerprint density at radius 3 is 2.42 bits per heavy atom. The molecule has 2 atom stereocenters. The molecule has 1 aromatic carbocycles. The molecule has 1 aliphatic heterocycles. The molecule has 2 rings (SSSR count). The van der Waals surface area contributed by atoms with Gasteiger partial charge in [0.2, 0.25) is 0 Å². The SMILES string of the molecule is CN=C(NCCNC(=O)c1ccc(C)c(F)c1)N1CC(C)CC(C)C1.I. The van der Waals surface area contributed by atoms with Gasteiger partial charge >= 0.3 is 0 Å². The Labute approximate surface area is 172 Å². The number of halogens is 2. The third kappa shape index (κ3) is 6.41. The molecule has 5 nitrogen and oxygen atoms in total. The van der Waals surface area contributed by atoms with Crippen molar-refractivity contribution in [2.24, 2.45) is 16.8 Å². The number of hydrogen-bond donors (Lipinski definition) is 2. The number of likely N-dealkylation sites (tertiary alicyclic amines) is 1. The van der Waals surface area contributed by atoms with Crippen LogP contribution < -0.4 is 10.6 Å². The summed E-state index contributed by atoms with van der Waals surface area (Å²) in [6.45, 7) is 9.22. The Morgan fingerprint density at radius 2 is 1.85 bits per heavy atom. The highest BCUT2D eigenvalue weighted by atomic mass is 127. The van der Waals surface area contributed by atoms with Crippen molar-refractivity contribution in [1.29, 1.82) is 0 Å². The van der Waals surface area contributed by atoms with Gasteiger partial charge in [-0.25, -0.2) is 4.39 Å². The first-order chi connectivity index (χ1) is 11.9. The summed E-state index contributed by atoms with van der Waals surface area (Å²) in [5.74, 6) is 1.54. The van der Waals surface area contributed by atoms with Crippen LogP contribution in [0.25, 0.3) is 0 Å². The first-order valence-corrected chi connectivity index (χ1v) is 8.90. The normalized spacial score (nSPS) is 20.3. The van der Waals surface area contributed by atoms with Crippen LogP contribution in [0.4, 0.5) is 4.39 Å². The standard InChI is InChI=1S/C19H29FN4O.HI/c1-13-9-14(2)12-24(11-13)19(21-4)23-8-7-22-18(25)16-6-5-15(3)17(20)10-16;/h5-6,10,13-14H,7-9,11-12H2,1-4H3,(H,21,23)(H,22,25);1H. The maximum atomic E-state index is 13.5. The third-order valence-electron chi connectivity index (χ3n) is 4.51. The summed E-state index contributed by atoms with van der Waals surface area (Å²) >= 11 is 0. The lowest BCUT2D eigenvalue weighted by molar-refractivity contribution is 0.0953. The van der Waals surface area contributed by atoms with E-state index < -0.39 is 0 Å². The Bertz CT molecular complexity index is 628. The number of aliphatic imine (C=N–C) groups is 1. The van der Waals surface area contributed by atoms with Gasteiger partial charge in [0.25, 0.3) is 5.91 Å². The second kappa shape index (κ2) is 10.7. The molecule has 26 heavy (non-hydrogen) atoms. The van der Waals surface area contributed by atoms with E-state index in [4.69, 9.17) is 0 Å². The van der Waals surface area contributed by atoms with E-state index in [1.54, 1.807) is 26.1 Å². The Balaban J connectivity index is 0.00000338. The fourth-order valence-electron chi connectivity index (χ4n) is 3.35. The molecule has 1 amide bonds. The predicted molar refractivity (Wildman–Crippen MR) is 115 cm³/mol. The molecule has 2 N–H and O–H groups in total. The average molecular weight is 476 g/mol. The molecular weight excluding hydrogens is 446 g/mol. The monoisotopic (exact) mass is 476 g/mol. The number of carbonyl (C=O) groups is 1. The minimum absolute atomic E-state index is 0. The van der Waals surface area contributed by atoms with Crippen LogP contribution in [0.5, 0.6) is 0 Å². The molecule has 0 bridgehead atoms. The summed E-state index contributed by atoms with van der Waals surface area (Å²) in [5.41, 5.74) is 0.873. The Hall–Kier alpha value is -1.38. The van der Waals surface area contributed by atoms with Gasteiger partial charge in [0.1, 0.15) is 5.82 Å². The maximum Gasteiger partial charge on any atom is 0.251 e. The molecule has 1 saturated heterocycles. The number of aryl methyl sites for hydroxylation is 1. The van der Waals surface area contributed by atoms with Crippen molar-refractivity contribution in [2.75, 3.05) is 33.2 Å².